The van der Waals surface area contributed by atoms with Crippen LogP contribution in [0.4, 0.5) is 4.39 Å². The van der Waals surface area contributed by atoms with Gasteiger partial charge in [-0.05, 0) is 16.8 Å². The minimum absolute atomic E-state index is 0.302. The summed E-state index contributed by atoms with van der Waals surface area (Å²) in [4.78, 5) is 0. The average molecular weight is 145 g/mol. The lowest BCUT2D eigenvalue weighted by atomic mass is 10.1. The standard InChI is InChI=1S/C10H6F/c11-10-6-5-8-3-1-2-4-9(8)7-10/h1-6H. The van der Waals surface area contributed by atoms with Crippen LogP contribution < -0.4 is 0 Å². The highest BCUT2D eigenvalue weighted by atomic mass is 19.1. The van der Waals surface area contributed by atoms with Gasteiger partial charge in [0.1, 0.15) is 5.82 Å². The van der Waals surface area contributed by atoms with Crippen LogP contribution in [0, 0.1) is 11.9 Å². The first-order chi connectivity index (χ1) is 5.36. The van der Waals surface area contributed by atoms with Gasteiger partial charge < -0.3 is 0 Å². The summed E-state index contributed by atoms with van der Waals surface area (Å²) in [6, 6.07) is 13.4. The van der Waals surface area contributed by atoms with E-state index < -0.39 is 0 Å². The van der Waals surface area contributed by atoms with Crippen LogP contribution in [0.25, 0.3) is 10.8 Å². The lowest BCUT2D eigenvalue weighted by Crippen LogP contribution is -1.74. The van der Waals surface area contributed by atoms with E-state index in [1.165, 1.54) is 6.07 Å². The monoisotopic (exact) mass is 145 g/mol. The molecular formula is C10H6F. The summed E-state index contributed by atoms with van der Waals surface area (Å²) < 4.78 is 12.6. The van der Waals surface area contributed by atoms with Gasteiger partial charge in [0.2, 0.25) is 0 Å². The van der Waals surface area contributed by atoms with Crippen LogP contribution in [0.1, 0.15) is 0 Å². The van der Waals surface area contributed by atoms with E-state index in [0.717, 1.165) is 10.8 Å². The SMILES string of the molecule is Fc1[c]c2ccccc2cc1. The van der Waals surface area contributed by atoms with Crippen LogP contribution in [0.15, 0.2) is 36.4 Å². The van der Waals surface area contributed by atoms with E-state index in [-0.39, 0.29) is 5.82 Å². The first-order valence-electron chi connectivity index (χ1n) is 3.43. The smallest absolute Gasteiger partial charge is 0.131 e. The maximum absolute atomic E-state index is 12.6. The zero-order valence-corrected chi connectivity index (χ0v) is 5.84. The second-order valence-corrected chi connectivity index (χ2v) is 2.39. The molecule has 0 aliphatic carbocycles. The van der Waals surface area contributed by atoms with Crippen LogP contribution in [-0.2, 0) is 0 Å². The molecule has 0 bridgehead atoms. The number of halogens is 1. The Hall–Kier alpha value is -1.37. The highest BCUT2D eigenvalue weighted by Gasteiger charge is 1.92. The third-order valence-corrected chi connectivity index (χ3v) is 1.62. The van der Waals surface area contributed by atoms with Crippen LogP contribution >= 0.6 is 0 Å². The summed E-state index contributed by atoms with van der Waals surface area (Å²) in [5.41, 5.74) is 0. The Kier molecular flexibility index (Phi) is 1.35. The van der Waals surface area contributed by atoms with Gasteiger partial charge in [-0.1, -0.05) is 30.3 Å². The van der Waals surface area contributed by atoms with Crippen molar-refractivity contribution in [1.29, 1.82) is 0 Å². The highest BCUT2D eigenvalue weighted by Crippen LogP contribution is 2.13. The Morgan fingerprint density at radius 3 is 2.73 bits per heavy atom. The summed E-state index contributed by atoms with van der Waals surface area (Å²) in [7, 11) is 0. The molecule has 0 atom stereocenters. The lowest BCUT2D eigenvalue weighted by molar-refractivity contribution is 0.627. The van der Waals surface area contributed by atoms with Gasteiger partial charge in [0.05, 0.1) is 0 Å². The van der Waals surface area contributed by atoms with Crippen molar-refractivity contribution >= 4 is 10.8 Å². The largest absolute Gasteiger partial charge is 0.206 e. The Balaban J connectivity index is 2.83. The summed E-state index contributed by atoms with van der Waals surface area (Å²) in [5.74, 6) is -0.302. The molecule has 0 N–H and O–H groups in total. The molecule has 1 radical (unpaired) electrons. The fourth-order valence-electron chi connectivity index (χ4n) is 1.09. The molecule has 0 aliphatic rings. The van der Waals surface area contributed by atoms with Crippen molar-refractivity contribution in [1.82, 2.24) is 0 Å². The minimum Gasteiger partial charge on any atom is -0.206 e. The number of hydrogen-bond acceptors (Lipinski definition) is 0. The van der Waals surface area contributed by atoms with Crippen molar-refractivity contribution in [3.8, 4) is 0 Å². The number of hydrogen-bond donors (Lipinski definition) is 0. The van der Waals surface area contributed by atoms with Gasteiger partial charge in [0, 0.05) is 6.07 Å². The molecule has 2 rings (SSSR count). The fourth-order valence-corrected chi connectivity index (χ4v) is 1.09. The molecule has 0 heterocycles. The van der Waals surface area contributed by atoms with Crippen LogP contribution in [0.3, 0.4) is 0 Å². The van der Waals surface area contributed by atoms with E-state index in [1.54, 1.807) is 6.07 Å². The molecule has 0 unspecified atom stereocenters. The third-order valence-electron chi connectivity index (χ3n) is 1.62. The van der Waals surface area contributed by atoms with Gasteiger partial charge >= 0.3 is 0 Å². The molecule has 0 aliphatic heterocycles. The van der Waals surface area contributed by atoms with Gasteiger partial charge in [-0.25, -0.2) is 4.39 Å². The Bertz CT molecular complexity index is 379. The van der Waals surface area contributed by atoms with Crippen molar-refractivity contribution in [2.45, 2.75) is 0 Å². The van der Waals surface area contributed by atoms with Gasteiger partial charge in [-0.15, -0.1) is 0 Å². The Labute approximate surface area is 64.3 Å². The van der Waals surface area contributed by atoms with E-state index in [9.17, 15) is 4.39 Å². The van der Waals surface area contributed by atoms with Crippen LogP contribution in [0.5, 0.6) is 0 Å². The third kappa shape index (κ3) is 1.09. The first-order valence-corrected chi connectivity index (χ1v) is 3.43. The maximum Gasteiger partial charge on any atom is 0.131 e. The van der Waals surface area contributed by atoms with Gasteiger partial charge in [-0.2, -0.15) is 0 Å². The molecule has 2 aromatic carbocycles. The van der Waals surface area contributed by atoms with Crippen molar-refractivity contribution in [3.05, 3.63) is 48.3 Å². The van der Waals surface area contributed by atoms with Crippen molar-refractivity contribution in [2.75, 3.05) is 0 Å². The second-order valence-electron chi connectivity index (χ2n) is 2.39. The van der Waals surface area contributed by atoms with Crippen LogP contribution in [-0.4, -0.2) is 0 Å². The molecule has 0 spiro atoms. The number of benzene rings is 2. The minimum atomic E-state index is -0.302. The first kappa shape index (κ1) is 6.35. The summed E-state index contributed by atoms with van der Waals surface area (Å²) in [5, 5.41) is 1.85. The lowest BCUT2D eigenvalue weighted by Gasteiger charge is -1.94. The normalized spacial score (nSPS) is 10.3. The Morgan fingerprint density at radius 2 is 1.82 bits per heavy atom. The quantitative estimate of drug-likeness (QED) is 0.534. The summed E-state index contributed by atoms with van der Waals surface area (Å²) in [6.45, 7) is 0. The van der Waals surface area contributed by atoms with Gasteiger partial charge in [0.25, 0.3) is 0 Å². The van der Waals surface area contributed by atoms with Gasteiger partial charge in [0.15, 0.2) is 0 Å². The number of rotatable bonds is 0. The predicted octanol–water partition coefficient (Wildman–Crippen LogP) is 2.78. The molecule has 0 aromatic heterocycles. The van der Waals surface area contributed by atoms with Crippen molar-refractivity contribution < 1.29 is 4.39 Å². The topological polar surface area (TPSA) is 0 Å². The number of fused-ring (bicyclic) bond motifs is 1. The van der Waals surface area contributed by atoms with Gasteiger partial charge in [-0.3, -0.25) is 0 Å². The maximum atomic E-state index is 12.6. The van der Waals surface area contributed by atoms with Crippen LogP contribution in [0.2, 0.25) is 0 Å². The molecule has 11 heavy (non-hydrogen) atoms. The van der Waals surface area contributed by atoms with E-state index in [0.29, 0.717) is 0 Å². The van der Waals surface area contributed by atoms with E-state index in [4.69, 9.17) is 0 Å². The molecule has 53 valence electrons. The molecule has 0 fully saturated rings. The molecule has 1 heteroatoms. The molecular weight excluding hydrogens is 139 g/mol. The van der Waals surface area contributed by atoms with E-state index in [2.05, 4.69) is 6.07 Å². The molecule has 0 saturated heterocycles. The zero-order valence-electron chi connectivity index (χ0n) is 5.84. The Morgan fingerprint density at radius 1 is 1.00 bits per heavy atom. The van der Waals surface area contributed by atoms with E-state index >= 15 is 0 Å². The highest BCUT2D eigenvalue weighted by molar-refractivity contribution is 5.81. The fraction of sp³-hybridized carbons (Fsp3) is 0. The summed E-state index contributed by atoms with van der Waals surface area (Å²) in [6.07, 6.45) is 0. The molecule has 0 nitrogen and oxygen atoms in total. The average Bonchev–Trinajstić information content (AvgIpc) is 2.04. The van der Waals surface area contributed by atoms with Crippen molar-refractivity contribution in [2.24, 2.45) is 0 Å². The van der Waals surface area contributed by atoms with Crippen molar-refractivity contribution in [3.63, 3.8) is 0 Å². The molecule has 0 amide bonds. The second kappa shape index (κ2) is 2.35. The molecule has 0 saturated carbocycles. The van der Waals surface area contributed by atoms with E-state index in [1.807, 2.05) is 24.3 Å². The summed E-state index contributed by atoms with van der Waals surface area (Å²) >= 11 is 0. The molecule has 2 aromatic rings. The zero-order chi connectivity index (χ0) is 7.68. The predicted molar refractivity (Wildman–Crippen MR) is 42.7 cm³/mol.